The van der Waals surface area contributed by atoms with Gasteiger partial charge in [0.1, 0.15) is 5.52 Å². The van der Waals surface area contributed by atoms with E-state index in [0.717, 1.165) is 11.1 Å². The van der Waals surface area contributed by atoms with Crippen molar-refractivity contribution >= 4 is 17.3 Å². The summed E-state index contributed by atoms with van der Waals surface area (Å²) in [5.74, 6) is -0.873. The Morgan fingerprint density at radius 1 is 1.24 bits per heavy atom. The van der Waals surface area contributed by atoms with Gasteiger partial charge < -0.3 is 10.4 Å². The lowest BCUT2D eigenvalue weighted by atomic mass is 9.99. The van der Waals surface area contributed by atoms with Gasteiger partial charge in [-0.2, -0.15) is 5.10 Å². The number of hydrogen-bond acceptors (Lipinski definition) is 4. The molecule has 0 radical (unpaired) electrons. The third-order valence-electron chi connectivity index (χ3n) is 3.30. The first-order chi connectivity index (χ1) is 10.3. The van der Waals surface area contributed by atoms with E-state index in [2.05, 4.69) is 15.4 Å². The second kappa shape index (κ2) is 5.62. The Bertz CT molecular complexity index is 754. The molecule has 0 aliphatic carbocycles. The van der Waals surface area contributed by atoms with E-state index in [4.69, 9.17) is 0 Å². The number of anilines is 1. The van der Waals surface area contributed by atoms with Gasteiger partial charge in [-0.15, -0.1) is 0 Å². The number of aromatic nitrogens is 3. The fourth-order valence-electron chi connectivity index (χ4n) is 2.23. The molecule has 3 aromatic rings. The number of benzene rings is 1. The monoisotopic (exact) mass is 282 g/mol. The van der Waals surface area contributed by atoms with Crippen molar-refractivity contribution in [3.8, 4) is 0 Å². The zero-order chi connectivity index (χ0) is 14.7. The van der Waals surface area contributed by atoms with Crippen LogP contribution in [0.2, 0.25) is 0 Å². The maximum atomic E-state index is 11.5. The summed E-state index contributed by atoms with van der Waals surface area (Å²) >= 11 is 0. The van der Waals surface area contributed by atoms with Gasteiger partial charge in [0, 0.05) is 18.9 Å². The predicted octanol–water partition coefficient (Wildman–Crippen LogP) is 2.01. The number of carboxylic acid groups (broad SMARTS) is 1. The Labute approximate surface area is 121 Å². The highest BCUT2D eigenvalue weighted by Crippen LogP contribution is 2.18. The molecule has 3 rings (SSSR count). The van der Waals surface area contributed by atoms with E-state index in [1.807, 2.05) is 36.4 Å². The molecule has 1 unspecified atom stereocenters. The minimum atomic E-state index is -0.867. The maximum absolute atomic E-state index is 11.5. The van der Waals surface area contributed by atoms with Crippen LogP contribution in [0.25, 0.3) is 5.52 Å². The van der Waals surface area contributed by atoms with E-state index >= 15 is 0 Å². The summed E-state index contributed by atoms with van der Waals surface area (Å²) in [6.07, 6.45) is 5.04. The van der Waals surface area contributed by atoms with E-state index in [1.165, 1.54) is 0 Å². The molecule has 6 heteroatoms. The first-order valence-corrected chi connectivity index (χ1v) is 6.55. The van der Waals surface area contributed by atoms with Crippen LogP contribution in [0.4, 0.5) is 5.82 Å². The SMILES string of the molecule is O=C(O)C(CNc1nccn2nccc12)c1ccccc1. The first-order valence-electron chi connectivity index (χ1n) is 6.55. The number of nitrogens with one attached hydrogen (secondary N) is 1. The minimum absolute atomic E-state index is 0.261. The van der Waals surface area contributed by atoms with Crippen molar-refractivity contribution in [3.63, 3.8) is 0 Å². The lowest BCUT2D eigenvalue weighted by molar-refractivity contribution is -0.138. The lowest BCUT2D eigenvalue weighted by Crippen LogP contribution is -2.21. The summed E-state index contributed by atoms with van der Waals surface area (Å²) in [5.41, 5.74) is 1.58. The van der Waals surface area contributed by atoms with Gasteiger partial charge in [0.15, 0.2) is 5.82 Å². The highest BCUT2D eigenvalue weighted by atomic mass is 16.4. The van der Waals surface area contributed by atoms with E-state index in [1.54, 1.807) is 23.1 Å². The summed E-state index contributed by atoms with van der Waals surface area (Å²) in [4.78, 5) is 15.7. The Morgan fingerprint density at radius 2 is 2.05 bits per heavy atom. The predicted molar refractivity (Wildman–Crippen MR) is 78.3 cm³/mol. The number of fused-ring (bicyclic) bond motifs is 1. The minimum Gasteiger partial charge on any atom is -0.481 e. The zero-order valence-corrected chi connectivity index (χ0v) is 11.2. The molecule has 21 heavy (non-hydrogen) atoms. The normalized spacial score (nSPS) is 12.2. The third kappa shape index (κ3) is 2.69. The molecule has 2 aromatic heterocycles. The molecule has 1 atom stereocenters. The number of carbonyl (C=O) groups is 1. The van der Waals surface area contributed by atoms with Crippen LogP contribution in [0.15, 0.2) is 55.0 Å². The summed E-state index contributed by atoms with van der Waals surface area (Å²) in [5, 5.41) is 16.6. The van der Waals surface area contributed by atoms with Crippen molar-refractivity contribution in [1.82, 2.24) is 14.6 Å². The summed E-state index contributed by atoms with van der Waals surface area (Å²) < 4.78 is 1.69. The zero-order valence-electron chi connectivity index (χ0n) is 11.2. The third-order valence-corrected chi connectivity index (χ3v) is 3.30. The van der Waals surface area contributed by atoms with Crippen molar-refractivity contribution < 1.29 is 9.90 Å². The van der Waals surface area contributed by atoms with Gasteiger partial charge in [0.05, 0.1) is 12.1 Å². The molecular weight excluding hydrogens is 268 g/mol. The Balaban J connectivity index is 1.82. The second-order valence-electron chi connectivity index (χ2n) is 4.62. The van der Waals surface area contributed by atoms with Crippen molar-refractivity contribution in [2.75, 3.05) is 11.9 Å². The van der Waals surface area contributed by atoms with Crippen LogP contribution in [-0.2, 0) is 4.79 Å². The molecule has 6 nitrogen and oxygen atoms in total. The quantitative estimate of drug-likeness (QED) is 0.748. The largest absolute Gasteiger partial charge is 0.481 e. The van der Waals surface area contributed by atoms with Crippen LogP contribution in [-0.4, -0.2) is 32.2 Å². The van der Waals surface area contributed by atoms with Crippen LogP contribution in [0.1, 0.15) is 11.5 Å². The molecule has 0 amide bonds. The molecule has 0 bridgehead atoms. The molecule has 0 aliphatic heterocycles. The molecule has 106 valence electrons. The number of aliphatic carboxylic acids is 1. The molecule has 2 N–H and O–H groups in total. The van der Waals surface area contributed by atoms with E-state index in [9.17, 15) is 9.90 Å². The summed E-state index contributed by atoms with van der Waals surface area (Å²) in [7, 11) is 0. The number of rotatable bonds is 5. The van der Waals surface area contributed by atoms with Gasteiger partial charge in [0.2, 0.25) is 0 Å². The molecule has 0 aliphatic rings. The van der Waals surface area contributed by atoms with Crippen LogP contribution in [0.3, 0.4) is 0 Å². The van der Waals surface area contributed by atoms with E-state index in [-0.39, 0.29) is 6.54 Å². The highest BCUT2D eigenvalue weighted by molar-refractivity contribution is 5.77. The Kier molecular flexibility index (Phi) is 3.51. The molecule has 0 fully saturated rings. The lowest BCUT2D eigenvalue weighted by Gasteiger charge is -2.14. The first kappa shape index (κ1) is 13.1. The fraction of sp³-hybridized carbons (Fsp3) is 0.133. The number of carboxylic acids is 1. The van der Waals surface area contributed by atoms with Gasteiger partial charge in [-0.3, -0.25) is 4.79 Å². The van der Waals surface area contributed by atoms with Crippen LogP contribution < -0.4 is 5.32 Å². The van der Waals surface area contributed by atoms with Crippen molar-refractivity contribution in [3.05, 3.63) is 60.6 Å². The van der Waals surface area contributed by atoms with Crippen molar-refractivity contribution in [2.24, 2.45) is 0 Å². The average molecular weight is 282 g/mol. The molecule has 0 saturated heterocycles. The molecule has 2 heterocycles. The highest BCUT2D eigenvalue weighted by Gasteiger charge is 2.19. The molecule has 0 spiro atoms. The van der Waals surface area contributed by atoms with E-state index < -0.39 is 11.9 Å². The van der Waals surface area contributed by atoms with Crippen LogP contribution in [0, 0.1) is 0 Å². The summed E-state index contributed by atoms with van der Waals surface area (Å²) in [6.45, 7) is 0.261. The smallest absolute Gasteiger partial charge is 0.312 e. The standard InChI is InChI=1S/C15H14N4O2/c20-15(21)12(11-4-2-1-3-5-11)10-17-14-13-6-7-18-19(13)9-8-16-14/h1-9,12H,10H2,(H,16,17)(H,20,21). The van der Waals surface area contributed by atoms with Gasteiger partial charge in [-0.1, -0.05) is 30.3 Å². The topological polar surface area (TPSA) is 79.5 Å². The van der Waals surface area contributed by atoms with Gasteiger partial charge in [-0.25, -0.2) is 9.50 Å². The van der Waals surface area contributed by atoms with Gasteiger partial charge in [-0.05, 0) is 11.6 Å². The second-order valence-corrected chi connectivity index (χ2v) is 4.62. The van der Waals surface area contributed by atoms with Gasteiger partial charge >= 0.3 is 5.97 Å². The number of hydrogen-bond donors (Lipinski definition) is 2. The molecule has 1 aromatic carbocycles. The molecular formula is C15H14N4O2. The summed E-state index contributed by atoms with van der Waals surface area (Å²) in [6, 6.07) is 11.0. The fourth-order valence-corrected chi connectivity index (χ4v) is 2.23. The van der Waals surface area contributed by atoms with Crippen LogP contribution in [0.5, 0.6) is 0 Å². The van der Waals surface area contributed by atoms with Gasteiger partial charge in [0.25, 0.3) is 0 Å². The number of nitrogens with zero attached hydrogens (tertiary/aromatic N) is 3. The molecule has 0 saturated carbocycles. The Morgan fingerprint density at radius 3 is 2.81 bits per heavy atom. The van der Waals surface area contributed by atoms with Crippen molar-refractivity contribution in [1.29, 1.82) is 0 Å². The Hall–Kier alpha value is -2.89. The van der Waals surface area contributed by atoms with Crippen molar-refractivity contribution in [2.45, 2.75) is 5.92 Å². The van der Waals surface area contributed by atoms with Crippen LogP contribution >= 0.6 is 0 Å². The maximum Gasteiger partial charge on any atom is 0.312 e. The van der Waals surface area contributed by atoms with E-state index in [0.29, 0.717) is 5.82 Å². The average Bonchev–Trinajstić information content (AvgIpc) is 2.97.